The maximum atomic E-state index is 11.9. The largest absolute Gasteiger partial charge is 0.395 e. The minimum Gasteiger partial charge on any atom is -0.395 e. The fourth-order valence-electron chi connectivity index (χ4n) is 3.31. The van der Waals surface area contributed by atoms with E-state index in [1.54, 1.807) is 23.1 Å². The maximum Gasteiger partial charge on any atom is 0.276 e. The van der Waals surface area contributed by atoms with Crippen molar-refractivity contribution in [1.29, 1.82) is 0 Å². The van der Waals surface area contributed by atoms with Crippen molar-refractivity contribution in [2.45, 2.75) is 37.2 Å². The molecule has 29 heavy (non-hydrogen) atoms. The van der Waals surface area contributed by atoms with Crippen LogP contribution in [0.3, 0.4) is 0 Å². The summed E-state index contributed by atoms with van der Waals surface area (Å²) in [6, 6.07) is 5.48. The van der Waals surface area contributed by atoms with Gasteiger partial charge in [0, 0.05) is 25.2 Å². The molecular weight excluding hydrogens is 382 g/mol. The van der Waals surface area contributed by atoms with Gasteiger partial charge in [-0.3, -0.25) is 19.8 Å². The summed E-state index contributed by atoms with van der Waals surface area (Å²) in [5.74, 6) is -0.372. The predicted octanol–water partition coefficient (Wildman–Crippen LogP) is -0.736. The average molecular weight is 409 g/mol. The second-order valence-corrected chi connectivity index (χ2v) is 6.94. The maximum absolute atomic E-state index is 11.9. The smallest absolute Gasteiger partial charge is 0.276 e. The Labute approximate surface area is 168 Å². The molecule has 1 aliphatic rings. The molecule has 5 N–H and O–H groups in total. The van der Waals surface area contributed by atoms with Crippen molar-refractivity contribution in [1.82, 2.24) is 10.2 Å². The Balaban J connectivity index is 1.74. The molecule has 0 aliphatic carbocycles. The van der Waals surface area contributed by atoms with Crippen molar-refractivity contribution in [3.8, 4) is 0 Å². The number of β-amino-alcohol motifs (C(OH)–C–C–N with tert-alkyl or cyclic N) is 1. The Morgan fingerprint density at radius 3 is 2.66 bits per heavy atom. The topological polar surface area (TPSA) is 156 Å². The van der Waals surface area contributed by atoms with E-state index in [2.05, 4.69) is 5.32 Å². The minimum atomic E-state index is -1.28. The molecule has 1 aromatic rings. The number of amides is 1. The van der Waals surface area contributed by atoms with Gasteiger partial charge < -0.3 is 25.7 Å². The zero-order valence-corrected chi connectivity index (χ0v) is 15.9. The fraction of sp³-hybridized carbons (Fsp3) is 0.526. The molecule has 1 aromatic carbocycles. The van der Waals surface area contributed by atoms with Gasteiger partial charge in [-0.15, -0.1) is 0 Å². The first-order valence-corrected chi connectivity index (χ1v) is 9.43. The van der Waals surface area contributed by atoms with Gasteiger partial charge in [0.15, 0.2) is 0 Å². The number of likely N-dealkylation sites (tertiary alicyclic amines) is 1. The Morgan fingerprint density at radius 2 is 1.97 bits per heavy atom. The highest BCUT2D eigenvalue weighted by atomic mass is 16.6. The molecule has 160 valence electrons. The van der Waals surface area contributed by atoms with Crippen LogP contribution < -0.4 is 5.32 Å². The summed E-state index contributed by atoms with van der Waals surface area (Å²) in [5.41, 5.74) is 0.262. The molecule has 10 heteroatoms. The molecule has 0 bridgehead atoms. The third kappa shape index (κ3) is 6.31. The van der Waals surface area contributed by atoms with Crippen LogP contribution in [0.4, 0.5) is 5.69 Å². The van der Waals surface area contributed by atoms with E-state index in [0.717, 1.165) is 0 Å². The van der Waals surface area contributed by atoms with Gasteiger partial charge in [0.05, 0.1) is 29.2 Å². The zero-order chi connectivity index (χ0) is 21.4. The summed E-state index contributed by atoms with van der Waals surface area (Å²) in [7, 11) is 0. The van der Waals surface area contributed by atoms with E-state index in [9.17, 15) is 35.3 Å². The third-order valence-corrected chi connectivity index (χ3v) is 4.94. The summed E-state index contributed by atoms with van der Waals surface area (Å²) >= 11 is 0. The molecule has 0 radical (unpaired) electrons. The number of rotatable bonds is 9. The van der Waals surface area contributed by atoms with Crippen LogP contribution in [-0.2, 0) is 4.79 Å². The Bertz CT molecular complexity index is 728. The quantitative estimate of drug-likeness (QED) is 0.155. The second kappa shape index (κ2) is 11.0. The molecule has 4 atom stereocenters. The van der Waals surface area contributed by atoms with Crippen LogP contribution >= 0.6 is 0 Å². The van der Waals surface area contributed by atoms with E-state index in [1.165, 1.54) is 18.2 Å². The van der Waals surface area contributed by atoms with E-state index in [0.29, 0.717) is 31.5 Å². The summed E-state index contributed by atoms with van der Waals surface area (Å²) < 4.78 is 0. The molecule has 0 spiro atoms. The van der Waals surface area contributed by atoms with Crippen LogP contribution in [0.15, 0.2) is 30.3 Å². The highest BCUT2D eigenvalue weighted by Gasteiger charge is 2.40. The third-order valence-electron chi connectivity index (χ3n) is 4.94. The number of piperidine rings is 1. The summed E-state index contributed by atoms with van der Waals surface area (Å²) in [5, 5.41) is 52.5. The van der Waals surface area contributed by atoms with Gasteiger partial charge in [0.2, 0.25) is 5.91 Å². The van der Waals surface area contributed by atoms with Gasteiger partial charge in [-0.25, -0.2) is 0 Å². The average Bonchev–Trinajstić information content (AvgIpc) is 2.70. The molecule has 1 aliphatic heterocycles. The molecular formula is C19H27N3O7. The van der Waals surface area contributed by atoms with Crippen LogP contribution in [0.25, 0.3) is 6.08 Å². The number of carbonyl (C=O) groups excluding carboxylic acids is 1. The lowest BCUT2D eigenvalue weighted by Gasteiger charge is -2.43. The number of aliphatic hydroxyl groups excluding tert-OH is 4. The Hall–Kier alpha value is -2.37. The number of benzene rings is 1. The summed E-state index contributed by atoms with van der Waals surface area (Å²) in [4.78, 5) is 24.0. The Morgan fingerprint density at radius 1 is 1.24 bits per heavy atom. The van der Waals surface area contributed by atoms with Crippen molar-refractivity contribution < 1.29 is 30.1 Å². The number of nitro groups is 1. The first-order valence-electron chi connectivity index (χ1n) is 9.43. The molecule has 1 heterocycles. The van der Waals surface area contributed by atoms with Gasteiger partial charge >= 0.3 is 0 Å². The molecule has 10 nitrogen and oxygen atoms in total. The number of unbranched alkanes of at least 4 members (excludes halogenated alkanes) is 1. The van der Waals surface area contributed by atoms with E-state index < -0.39 is 29.3 Å². The first-order chi connectivity index (χ1) is 13.8. The normalized spacial score (nSPS) is 25.2. The molecule has 1 fully saturated rings. The number of aliphatic hydroxyl groups is 4. The number of nitrogens with one attached hydrogen (secondary N) is 1. The van der Waals surface area contributed by atoms with Crippen molar-refractivity contribution in [3.63, 3.8) is 0 Å². The summed E-state index contributed by atoms with van der Waals surface area (Å²) in [6.45, 7) is 0.673. The van der Waals surface area contributed by atoms with Crippen LogP contribution in [0.5, 0.6) is 0 Å². The number of hydrogen-bond donors (Lipinski definition) is 5. The highest BCUT2D eigenvalue weighted by Crippen LogP contribution is 2.20. The summed E-state index contributed by atoms with van der Waals surface area (Å²) in [6.07, 6.45) is 0.295. The first kappa shape index (κ1) is 22.9. The highest BCUT2D eigenvalue weighted by molar-refractivity contribution is 5.92. The fourth-order valence-corrected chi connectivity index (χ4v) is 3.31. The lowest BCUT2D eigenvalue weighted by molar-refractivity contribution is -0.385. The zero-order valence-electron chi connectivity index (χ0n) is 15.9. The monoisotopic (exact) mass is 409 g/mol. The predicted molar refractivity (Wildman–Crippen MR) is 105 cm³/mol. The Kier molecular flexibility index (Phi) is 8.68. The van der Waals surface area contributed by atoms with Crippen molar-refractivity contribution in [3.05, 3.63) is 46.0 Å². The molecule has 0 aromatic heterocycles. The van der Waals surface area contributed by atoms with Gasteiger partial charge in [0.1, 0.15) is 12.2 Å². The minimum absolute atomic E-state index is 0.0778. The van der Waals surface area contributed by atoms with Gasteiger partial charge in [-0.05, 0) is 31.5 Å². The van der Waals surface area contributed by atoms with Crippen molar-refractivity contribution in [2.75, 3.05) is 26.2 Å². The lowest BCUT2D eigenvalue weighted by Crippen LogP contribution is -2.62. The van der Waals surface area contributed by atoms with Crippen LogP contribution in [-0.4, -0.2) is 86.8 Å². The number of nitrogens with zero attached hydrogens (tertiary/aromatic N) is 2. The lowest BCUT2D eigenvalue weighted by atomic mass is 9.94. The van der Waals surface area contributed by atoms with Crippen molar-refractivity contribution in [2.24, 2.45) is 0 Å². The number of para-hydroxylation sites is 1. The van der Waals surface area contributed by atoms with Gasteiger partial charge in [0.25, 0.3) is 5.69 Å². The van der Waals surface area contributed by atoms with Crippen LogP contribution in [0, 0.1) is 10.1 Å². The molecule has 0 unspecified atom stereocenters. The van der Waals surface area contributed by atoms with E-state index in [4.69, 9.17) is 0 Å². The van der Waals surface area contributed by atoms with Gasteiger partial charge in [-0.1, -0.05) is 12.1 Å². The van der Waals surface area contributed by atoms with Gasteiger partial charge in [-0.2, -0.15) is 0 Å². The standard InChI is InChI=1S/C19H27N3O7/c23-12-15-18(26)19(27)16(24)11-21(15)10-4-3-9-20-17(25)8-7-13-5-1-2-6-14(13)22(28)29/h1-2,5-8,15-16,18-19,23-24,26-27H,3-4,9-12H2,(H,20,25)/b8-7+/t15-,16+,18-,19-/m1/s1. The van der Waals surface area contributed by atoms with E-state index in [-0.39, 0.29) is 24.7 Å². The SMILES string of the molecule is O=C(/C=C/c1ccccc1[N+](=O)[O-])NCCCCN1C[C@H](O)[C@@H](O)[C@H](O)[C@H]1CO. The number of carbonyl (C=O) groups is 1. The molecule has 1 saturated heterocycles. The van der Waals surface area contributed by atoms with Crippen LogP contribution in [0.1, 0.15) is 18.4 Å². The second-order valence-electron chi connectivity index (χ2n) is 6.94. The molecule has 1 amide bonds. The van der Waals surface area contributed by atoms with Crippen LogP contribution in [0.2, 0.25) is 0 Å². The van der Waals surface area contributed by atoms with E-state index >= 15 is 0 Å². The molecule has 0 saturated carbocycles. The number of nitro benzene ring substituents is 1. The number of hydrogen-bond acceptors (Lipinski definition) is 8. The molecule has 2 rings (SSSR count). The van der Waals surface area contributed by atoms with Crippen molar-refractivity contribution >= 4 is 17.7 Å². The van der Waals surface area contributed by atoms with E-state index in [1.807, 2.05) is 0 Å².